The number of amides is 1. The smallest absolute Gasteiger partial charge is 0.223 e. The Morgan fingerprint density at radius 1 is 1.12 bits per heavy atom. The van der Waals surface area contributed by atoms with Crippen molar-refractivity contribution in [2.75, 3.05) is 19.7 Å². The summed E-state index contributed by atoms with van der Waals surface area (Å²) in [6, 6.07) is 6.18. The van der Waals surface area contributed by atoms with Crippen LogP contribution in [0.3, 0.4) is 0 Å². The molecule has 138 valence electrons. The molecule has 2 fully saturated rings. The van der Waals surface area contributed by atoms with Crippen LogP contribution in [0.4, 0.5) is 4.39 Å². The van der Waals surface area contributed by atoms with E-state index in [0.717, 1.165) is 31.5 Å². The Morgan fingerprint density at radius 3 is 2.36 bits per heavy atom. The number of piperidine rings is 1. The molecule has 0 spiro atoms. The molecule has 0 unspecified atom stereocenters. The third-order valence-corrected chi connectivity index (χ3v) is 5.76. The number of carbonyl (C=O) groups is 1. The Morgan fingerprint density at radius 2 is 1.76 bits per heavy atom. The minimum absolute atomic E-state index is 0.00618. The van der Waals surface area contributed by atoms with Gasteiger partial charge in [0.2, 0.25) is 5.91 Å². The van der Waals surface area contributed by atoms with Gasteiger partial charge in [-0.2, -0.15) is 0 Å². The van der Waals surface area contributed by atoms with E-state index in [1.165, 1.54) is 44.2 Å². The van der Waals surface area contributed by atoms with E-state index in [1.54, 1.807) is 12.1 Å². The normalized spacial score (nSPS) is 21.8. The first kappa shape index (κ1) is 18.3. The molecule has 1 amide bonds. The van der Waals surface area contributed by atoms with Gasteiger partial charge in [0.05, 0.1) is 12.6 Å². The lowest BCUT2D eigenvalue weighted by Gasteiger charge is -2.39. The number of hydrogen-bond donors (Lipinski definition) is 2. The standard InChI is InChI=1S/C20H29FN2O2/c21-17-8-6-15(7-9-17)19(14-24)22-20(25)16-10-12-23(13-11-16)18-4-2-1-3-5-18/h6-9,16,18-19,24H,1-5,10-14H2,(H,22,25)/t19-/m1/s1. The van der Waals surface area contributed by atoms with Gasteiger partial charge in [0, 0.05) is 12.0 Å². The van der Waals surface area contributed by atoms with Crippen LogP contribution in [0.15, 0.2) is 24.3 Å². The van der Waals surface area contributed by atoms with E-state index < -0.39 is 6.04 Å². The summed E-state index contributed by atoms with van der Waals surface area (Å²) in [7, 11) is 0. The molecule has 25 heavy (non-hydrogen) atoms. The number of nitrogens with one attached hydrogen (secondary N) is 1. The molecule has 1 heterocycles. The number of aliphatic hydroxyl groups excluding tert-OH is 1. The summed E-state index contributed by atoms with van der Waals surface area (Å²) in [6.07, 6.45) is 8.39. The van der Waals surface area contributed by atoms with Crippen LogP contribution in [0.1, 0.15) is 56.6 Å². The minimum Gasteiger partial charge on any atom is -0.394 e. The number of rotatable bonds is 5. The summed E-state index contributed by atoms with van der Waals surface area (Å²) in [6.45, 7) is 1.80. The first-order valence-corrected chi connectivity index (χ1v) is 9.58. The number of hydrogen-bond acceptors (Lipinski definition) is 3. The average molecular weight is 348 g/mol. The maximum atomic E-state index is 13.0. The van der Waals surface area contributed by atoms with Crippen LogP contribution in [-0.2, 0) is 4.79 Å². The molecule has 1 aromatic rings. The highest BCUT2D eigenvalue weighted by molar-refractivity contribution is 5.79. The number of carbonyl (C=O) groups excluding carboxylic acids is 1. The Kier molecular flexibility index (Phi) is 6.43. The molecule has 0 radical (unpaired) electrons. The van der Waals surface area contributed by atoms with Crippen LogP contribution in [0, 0.1) is 11.7 Å². The van der Waals surface area contributed by atoms with Gasteiger partial charge >= 0.3 is 0 Å². The van der Waals surface area contributed by atoms with Crippen molar-refractivity contribution in [2.24, 2.45) is 5.92 Å². The van der Waals surface area contributed by atoms with Gasteiger partial charge in [0.15, 0.2) is 0 Å². The molecule has 1 aliphatic carbocycles. The van der Waals surface area contributed by atoms with E-state index in [0.29, 0.717) is 6.04 Å². The SMILES string of the molecule is O=C(N[C@H](CO)c1ccc(F)cc1)C1CCN(C2CCCCC2)CC1. The van der Waals surface area contributed by atoms with Gasteiger partial charge in [0.25, 0.3) is 0 Å². The van der Waals surface area contributed by atoms with Crippen LogP contribution < -0.4 is 5.32 Å². The van der Waals surface area contributed by atoms with Crippen LogP contribution in [0.25, 0.3) is 0 Å². The van der Waals surface area contributed by atoms with E-state index in [9.17, 15) is 14.3 Å². The number of aliphatic hydroxyl groups is 1. The van der Waals surface area contributed by atoms with Gasteiger partial charge in [-0.3, -0.25) is 4.79 Å². The molecule has 1 aliphatic heterocycles. The monoisotopic (exact) mass is 348 g/mol. The van der Waals surface area contributed by atoms with Crippen molar-refractivity contribution >= 4 is 5.91 Å². The van der Waals surface area contributed by atoms with Crippen molar-refractivity contribution in [3.8, 4) is 0 Å². The summed E-state index contributed by atoms with van der Waals surface area (Å²) in [5.41, 5.74) is 0.733. The molecule has 1 saturated heterocycles. The largest absolute Gasteiger partial charge is 0.394 e. The molecule has 5 heteroatoms. The van der Waals surface area contributed by atoms with Crippen molar-refractivity contribution in [3.63, 3.8) is 0 Å². The summed E-state index contributed by atoms with van der Waals surface area (Å²) in [5, 5.41) is 12.5. The molecule has 3 rings (SSSR count). The predicted molar refractivity (Wildman–Crippen MR) is 95.5 cm³/mol. The third kappa shape index (κ3) is 4.79. The van der Waals surface area contributed by atoms with Crippen LogP contribution in [-0.4, -0.2) is 41.7 Å². The van der Waals surface area contributed by atoms with Crippen molar-refractivity contribution in [3.05, 3.63) is 35.6 Å². The maximum absolute atomic E-state index is 13.0. The fourth-order valence-corrected chi connectivity index (χ4v) is 4.19. The highest BCUT2D eigenvalue weighted by Crippen LogP contribution is 2.27. The van der Waals surface area contributed by atoms with E-state index in [4.69, 9.17) is 0 Å². The number of benzene rings is 1. The number of halogens is 1. The van der Waals surface area contributed by atoms with Gasteiger partial charge in [0.1, 0.15) is 5.82 Å². The van der Waals surface area contributed by atoms with Crippen LogP contribution in [0.2, 0.25) is 0 Å². The fraction of sp³-hybridized carbons (Fsp3) is 0.650. The lowest BCUT2D eigenvalue weighted by Crippen LogP contribution is -2.46. The second-order valence-electron chi connectivity index (χ2n) is 7.40. The molecular formula is C20H29FN2O2. The third-order valence-electron chi connectivity index (χ3n) is 5.76. The van der Waals surface area contributed by atoms with Crippen LogP contribution >= 0.6 is 0 Å². The van der Waals surface area contributed by atoms with Crippen molar-refractivity contribution < 1.29 is 14.3 Å². The minimum atomic E-state index is -0.468. The second kappa shape index (κ2) is 8.77. The summed E-state index contributed by atoms with van der Waals surface area (Å²) in [5.74, 6) is -0.303. The van der Waals surface area contributed by atoms with Gasteiger partial charge < -0.3 is 15.3 Å². The summed E-state index contributed by atoms with van der Waals surface area (Å²) < 4.78 is 13.0. The molecule has 4 nitrogen and oxygen atoms in total. The van der Waals surface area contributed by atoms with Crippen molar-refractivity contribution in [1.82, 2.24) is 10.2 Å². The number of nitrogens with zero attached hydrogens (tertiary/aromatic N) is 1. The zero-order valence-electron chi connectivity index (χ0n) is 14.8. The zero-order valence-corrected chi connectivity index (χ0v) is 14.8. The van der Waals surface area contributed by atoms with Gasteiger partial charge in [-0.15, -0.1) is 0 Å². The fourth-order valence-electron chi connectivity index (χ4n) is 4.19. The Hall–Kier alpha value is -1.46. The lowest BCUT2D eigenvalue weighted by atomic mass is 9.89. The number of likely N-dealkylation sites (tertiary alicyclic amines) is 1. The Balaban J connectivity index is 1.50. The molecule has 0 bridgehead atoms. The second-order valence-corrected chi connectivity index (χ2v) is 7.40. The molecule has 2 N–H and O–H groups in total. The Labute approximate surface area is 149 Å². The summed E-state index contributed by atoms with van der Waals surface area (Å²) >= 11 is 0. The Bertz CT molecular complexity index is 549. The first-order chi connectivity index (χ1) is 12.2. The van der Waals surface area contributed by atoms with E-state index in [1.807, 2.05) is 0 Å². The highest BCUT2D eigenvalue weighted by atomic mass is 19.1. The van der Waals surface area contributed by atoms with Crippen molar-refractivity contribution in [1.29, 1.82) is 0 Å². The quantitative estimate of drug-likeness (QED) is 0.860. The topological polar surface area (TPSA) is 52.6 Å². The molecule has 1 aromatic carbocycles. The van der Waals surface area contributed by atoms with Crippen molar-refractivity contribution in [2.45, 2.75) is 57.0 Å². The summed E-state index contributed by atoms with van der Waals surface area (Å²) in [4.78, 5) is 15.1. The average Bonchev–Trinajstić information content (AvgIpc) is 2.67. The highest BCUT2D eigenvalue weighted by Gasteiger charge is 2.30. The molecule has 2 aliphatic rings. The molecule has 1 saturated carbocycles. The van der Waals surface area contributed by atoms with Gasteiger partial charge in [-0.05, 0) is 56.5 Å². The van der Waals surface area contributed by atoms with Gasteiger partial charge in [-0.1, -0.05) is 31.4 Å². The lowest BCUT2D eigenvalue weighted by molar-refractivity contribution is -0.127. The molecular weight excluding hydrogens is 319 g/mol. The zero-order chi connectivity index (χ0) is 17.6. The molecule has 1 atom stereocenters. The van der Waals surface area contributed by atoms with E-state index >= 15 is 0 Å². The van der Waals surface area contributed by atoms with Gasteiger partial charge in [-0.25, -0.2) is 4.39 Å². The predicted octanol–water partition coefficient (Wildman–Crippen LogP) is 3.02. The van der Waals surface area contributed by atoms with Crippen LogP contribution in [0.5, 0.6) is 0 Å². The molecule has 0 aromatic heterocycles. The van der Waals surface area contributed by atoms with E-state index in [-0.39, 0.29) is 24.2 Å². The maximum Gasteiger partial charge on any atom is 0.223 e. The van der Waals surface area contributed by atoms with E-state index in [2.05, 4.69) is 10.2 Å². The first-order valence-electron chi connectivity index (χ1n) is 9.58.